The number of nitrogens with one attached hydrogen (secondary N) is 1. The predicted molar refractivity (Wildman–Crippen MR) is 133 cm³/mol. The molecule has 0 spiro atoms. The fourth-order valence-corrected chi connectivity index (χ4v) is 5.31. The smallest absolute Gasteiger partial charge is 0.324 e. The maximum Gasteiger partial charge on any atom is 0.324 e. The molecule has 188 valence electrons. The molecule has 8 heteroatoms. The van der Waals surface area contributed by atoms with E-state index in [-0.39, 0.29) is 21.0 Å². The molecule has 0 saturated carbocycles. The van der Waals surface area contributed by atoms with Crippen molar-refractivity contribution in [3.05, 3.63) is 69.2 Å². The van der Waals surface area contributed by atoms with Crippen LogP contribution in [0.1, 0.15) is 65.0 Å². The normalized spacial score (nSPS) is 24.8. The number of esters is 1. The van der Waals surface area contributed by atoms with Crippen LogP contribution in [0.4, 0.5) is 8.78 Å². The largest absolute Gasteiger partial charge is 0.459 e. The van der Waals surface area contributed by atoms with Crippen molar-refractivity contribution in [1.29, 1.82) is 5.26 Å². The third-order valence-electron chi connectivity index (χ3n) is 6.04. The van der Waals surface area contributed by atoms with Gasteiger partial charge >= 0.3 is 5.97 Å². The molecular weight excluding hydrogens is 493 g/mol. The molecule has 1 fully saturated rings. The van der Waals surface area contributed by atoms with Gasteiger partial charge in [-0.25, -0.2) is 8.78 Å². The van der Waals surface area contributed by atoms with E-state index in [0.29, 0.717) is 12.0 Å². The van der Waals surface area contributed by atoms with E-state index in [1.807, 2.05) is 20.8 Å². The number of nitriles is 1. The maximum atomic E-state index is 15.5. The summed E-state index contributed by atoms with van der Waals surface area (Å²) in [5.74, 6) is -2.93. The second-order valence-corrected chi connectivity index (χ2v) is 12.2. The monoisotopic (exact) mass is 522 g/mol. The molecule has 35 heavy (non-hydrogen) atoms. The number of hydrogen-bond acceptors (Lipinski definition) is 4. The van der Waals surface area contributed by atoms with Gasteiger partial charge in [-0.2, -0.15) is 5.26 Å². The van der Waals surface area contributed by atoms with Gasteiger partial charge in [-0.3, -0.25) is 10.1 Å². The lowest BCUT2D eigenvalue weighted by Gasteiger charge is -2.37. The highest BCUT2D eigenvalue weighted by molar-refractivity contribution is 6.30. The number of hydrogen-bond donors (Lipinski definition) is 1. The third-order valence-corrected chi connectivity index (χ3v) is 6.49. The van der Waals surface area contributed by atoms with Crippen molar-refractivity contribution in [2.45, 2.75) is 77.0 Å². The van der Waals surface area contributed by atoms with Gasteiger partial charge in [0.2, 0.25) is 0 Å². The minimum absolute atomic E-state index is 0.0718. The van der Waals surface area contributed by atoms with Gasteiger partial charge in [-0.1, -0.05) is 50.0 Å². The second-order valence-electron chi connectivity index (χ2n) is 11.3. The van der Waals surface area contributed by atoms with E-state index < -0.39 is 46.6 Å². The quantitative estimate of drug-likeness (QED) is 0.442. The van der Waals surface area contributed by atoms with Crippen LogP contribution >= 0.6 is 23.2 Å². The Balaban J connectivity index is 2.35. The Morgan fingerprint density at radius 1 is 1.09 bits per heavy atom. The number of halogens is 4. The Labute approximate surface area is 215 Å². The van der Waals surface area contributed by atoms with Crippen LogP contribution in [0, 0.1) is 28.4 Å². The first kappa shape index (κ1) is 27.4. The molecule has 0 bridgehead atoms. The van der Waals surface area contributed by atoms with E-state index in [1.54, 1.807) is 20.8 Å². The molecule has 1 aliphatic rings. The van der Waals surface area contributed by atoms with Crippen LogP contribution in [0.2, 0.25) is 10.0 Å². The number of carbonyl (C=O) groups excluding carboxylic acids is 1. The summed E-state index contributed by atoms with van der Waals surface area (Å²) in [7, 11) is 0. The van der Waals surface area contributed by atoms with Gasteiger partial charge in [-0.05, 0) is 68.5 Å². The van der Waals surface area contributed by atoms with Crippen LogP contribution < -0.4 is 5.32 Å². The Bertz CT molecular complexity index is 1150. The fourth-order valence-electron chi connectivity index (χ4n) is 4.92. The summed E-state index contributed by atoms with van der Waals surface area (Å²) >= 11 is 12.2. The third kappa shape index (κ3) is 5.80. The summed E-state index contributed by atoms with van der Waals surface area (Å²) in [4.78, 5) is 13.5. The number of rotatable bonds is 4. The van der Waals surface area contributed by atoms with E-state index in [9.17, 15) is 14.4 Å². The highest BCUT2D eigenvalue weighted by Gasteiger charge is 2.61. The molecule has 1 aliphatic heterocycles. The van der Waals surface area contributed by atoms with Crippen LogP contribution in [0.3, 0.4) is 0 Å². The zero-order valence-electron chi connectivity index (χ0n) is 20.7. The number of ether oxygens (including phenoxy) is 1. The standard InChI is InChI=1S/C27H30Cl2F2N2O2/c1-25(2,3)13-21-27(14-32,19-8-7-16(28)12-20(19)31)22(15-9-17(29)11-18(30)10-15)23(33-21)24(34)35-26(4,5)6/h7-12,21-23,33H,13H2,1-6H3/t21-,22-,23+,27-/m0/s1. The second kappa shape index (κ2) is 9.69. The molecule has 0 amide bonds. The van der Waals surface area contributed by atoms with E-state index >= 15 is 4.39 Å². The lowest BCUT2D eigenvalue weighted by molar-refractivity contribution is -0.157. The molecule has 4 nitrogen and oxygen atoms in total. The molecule has 0 aliphatic carbocycles. The molecule has 2 aromatic rings. The average Bonchev–Trinajstić information content (AvgIpc) is 2.99. The van der Waals surface area contributed by atoms with Gasteiger partial charge in [0, 0.05) is 27.6 Å². The van der Waals surface area contributed by atoms with Gasteiger partial charge in [-0.15, -0.1) is 0 Å². The summed E-state index contributed by atoms with van der Waals surface area (Å²) in [6.07, 6.45) is 0.418. The Morgan fingerprint density at radius 3 is 2.26 bits per heavy atom. The van der Waals surface area contributed by atoms with Crippen LogP contribution in [0.25, 0.3) is 0 Å². The minimum Gasteiger partial charge on any atom is -0.459 e. The van der Waals surface area contributed by atoms with Crippen LogP contribution in [0.5, 0.6) is 0 Å². The number of carbonyl (C=O) groups is 1. The van der Waals surface area contributed by atoms with Crippen molar-refractivity contribution in [3.63, 3.8) is 0 Å². The molecule has 0 aromatic heterocycles. The highest BCUT2D eigenvalue weighted by atomic mass is 35.5. The summed E-state index contributed by atoms with van der Waals surface area (Å²) < 4.78 is 35.7. The molecule has 1 heterocycles. The summed E-state index contributed by atoms with van der Waals surface area (Å²) in [5, 5.41) is 14.3. The molecule has 0 unspecified atom stereocenters. The Hall–Kier alpha value is -2.20. The molecular formula is C27H30Cl2F2N2O2. The molecule has 2 aromatic carbocycles. The summed E-state index contributed by atoms with van der Waals surface area (Å²) in [6.45, 7) is 11.2. The fraction of sp³-hybridized carbons (Fsp3) is 0.481. The van der Waals surface area contributed by atoms with Gasteiger partial charge < -0.3 is 4.74 Å². The van der Waals surface area contributed by atoms with Crippen molar-refractivity contribution in [3.8, 4) is 6.07 Å². The molecule has 3 rings (SSSR count). The first-order chi connectivity index (χ1) is 16.1. The maximum absolute atomic E-state index is 15.5. The molecule has 0 radical (unpaired) electrons. The van der Waals surface area contributed by atoms with Crippen molar-refractivity contribution in [2.75, 3.05) is 0 Å². The van der Waals surface area contributed by atoms with Crippen LogP contribution in [-0.4, -0.2) is 23.7 Å². The van der Waals surface area contributed by atoms with Crippen molar-refractivity contribution in [1.82, 2.24) is 5.32 Å². The van der Waals surface area contributed by atoms with E-state index in [4.69, 9.17) is 27.9 Å². The zero-order valence-corrected chi connectivity index (χ0v) is 22.2. The zero-order chi connectivity index (χ0) is 26.3. The molecule has 4 atom stereocenters. The van der Waals surface area contributed by atoms with Gasteiger partial charge in [0.25, 0.3) is 0 Å². The number of benzene rings is 2. The number of nitrogens with zero attached hydrogens (tertiary/aromatic N) is 1. The summed E-state index contributed by atoms with van der Waals surface area (Å²) in [6, 6.07) is 8.59. The molecule has 1 N–H and O–H groups in total. The van der Waals surface area contributed by atoms with Crippen LogP contribution in [0.15, 0.2) is 36.4 Å². The van der Waals surface area contributed by atoms with Gasteiger partial charge in [0.1, 0.15) is 28.7 Å². The van der Waals surface area contributed by atoms with Crippen LogP contribution in [-0.2, 0) is 14.9 Å². The van der Waals surface area contributed by atoms with Gasteiger partial charge in [0.05, 0.1) is 6.07 Å². The van der Waals surface area contributed by atoms with Gasteiger partial charge in [0.15, 0.2) is 0 Å². The topological polar surface area (TPSA) is 62.1 Å². The lowest BCUT2D eigenvalue weighted by atomic mass is 9.63. The van der Waals surface area contributed by atoms with E-state index in [0.717, 1.165) is 12.1 Å². The summed E-state index contributed by atoms with van der Waals surface area (Å²) in [5.41, 5.74) is -2.34. The lowest BCUT2D eigenvalue weighted by Crippen LogP contribution is -2.44. The van der Waals surface area contributed by atoms with E-state index in [2.05, 4.69) is 11.4 Å². The van der Waals surface area contributed by atoms with Crippen molar-refractivity contribution >= 4 is 29.2 Å². The van der Waals surface area contributed by atoms with Crippen molar-refractivity contribution in [2.24, 2.45) is 5.41 Å². The van der Waals surface area contributed by atoms with E-state index in [1.165, 1.54) is 24.3 Å². The highest BCUT2D eigenvalue weighted by Crippen LogP contribution is 2.52. The Kier molecular flexibility index (Phi) is 7.58. The first-order valence-corrected chi connectivity index (χ1v) is 12.1. The predicted octanol–water partition coefficient (Wildman–Crippen LogP) is 6.94. The first-order valence-electron chi connectivity index (χ1n) is 11.4. The molecule has 1 saturated heterocycles. The SMILES string of the molecule is CC(C)(C)C[C@@H]1N[C@@H](C(=O)OC(C)(C)C)[C@H](c2cc(F)cc(Cl)c2)[C@@]1(C#N)c1ccc(Cl)cc1F. The Morgan fingerprint density at radius 2 is 1.74 bits per heavy atom. The average molecular weight is 523 g/mol. The van der Waals surface area contributed by atoms with Crippen molar-refractivity contribution < 1.29 is 18.3 Å². The minimum atomic E-state index is -1.60.